The molecule has 0 fully saturated rings. The Morgan fingerprint density at radius 3 is 2.50 bits per heavy atom. The van der Waals surface area contributed by atoms with Crippen molar-refractivity contribution < 1.29 is 34.4 Å². The van der Waals surface area contributed by atoms with Crippen LogP contribution in [0, 0.1) is 0 Å². The van der Waals surface area contributed by atoms with E-state index in [4.69, 9.17) is 14.9 Å². The summed E-state index contributed by atoms with van der Waals surface area (Å²) in [6.07, 6.45) is -0.813. The fourth-order valence-corrected chi connectivity index (χ4v) is 2.56. The van der Waals surface area contributed by atoms with Gasteiger partial charge in [-0.1, -0.05) is 30.3 Å². The minimum Gasteiger partial charge on any atom is -0.480 e. The van der Waals surface area contributed by atoms with Gasteiger partial charge in [0.2, 0.25) is 0 Å². The van der Waals surface area contributed by atoms with Gasteiger partial charge >= 0.3 is 18.0 Å². The van der Waals surface area contributed by atoms with Crippen molar-refractivity contribution >= 4 is 34.5 Å². The van der Waals surface area contributed by atoms with Crippen LogP contribution in [0.1, 0.15) is 11.3 Å². The van der Waals surface area contributed by atoms with Gasteiger partial charge in [-0.05, 0) is 5.56 Å². The number of amides is 1. The van der Waals surface area contributed by atoms with Crippen molar-refractivity contribution in [2.75, 3.05) is 11.9 Å². The van der Waals surface area contributed by atoms with Gasteiger partial charge in [-0.3, -0.25) is 15.4 Å². The van der Waals surface area contributed by atoms with Gasteiger partial charge in [-0.15, -0.1) is 11.3 Å². The van der Waals surface area contributed by atoms with Crippen LogP contribution in [0.3, 0.4) is 0 Å². The number of anilines is 1. The summed E-state index contributed by atoms with van der Waals surface area (Å²) in [5, 5.41) is 33.4. The first-order valence-electron chi connectivity index (χ1n) is 7.17. The van der Waals surface area contributed by atoms with Crippen LogP contribution in [0.2, 0.25) is 0 Å². The molecule has 2 aromatic rings. The second kappa shape index (κ2) is 8.38. The van der Waals surface area contributed by atoms with Crippen LogP contribution in [-0.2, 0) is 26.7 Å². The van der Waals surface area contributed by atoms with Crippen molar-refractivity contribution in [1.29, 1.82) is 0 Å². The minimum absolute atomic E-state index is 0.0186. The van der Waals surface area contributed by atoms with Gasteiger partial charge in [-0.2, -0.15) is 0 Å². The van der Waals surface area contributed by atoms with Crippen molar-refractivity contribution in [1.82, 2.24) is 10.3 Å². The second-order valence-electron chi connectivity index (χ2n) is 4.99. The third-order valence-electron chi connectivity index (χ3n) is 3.10. The molecular formula is C15H15N3O7S. The Hall–Kier alpha value is -3.02. The molecule has 10 nitrogen and oxygen atoms in total. The van der Waals surface area contributed by atoms with Gasteiger partial charge < -0.3 is 20.1 Å². The molecule has 0 spiro atoms. The van der Waals surface area contributed by atoms with Crippen LogP contribution in [0.15, 0.2) is 35.7 Å². The Kier molecular flexibility index (Phi) is 6.22. The van der Waals surface area contributed by atoms with Crippen molar-refractivity contribution in [3.05, 3.63) is 47.0 Å². The molecule has 0 aliphatic heterocycles. The Balaban J connectivity index is 1.99. The number of ether oxygens (including phenoxy) is 1. The maximum absolute atomic E-state index is 11.8. The number of carboxylic acid groups (broad SMARTS) is 2. The summed E-state index contributed by atoms with van der Waals surface area (Å²) in [6, 6.07) is 8.95. The van der Waals surface area contributed by atoms with Crippen LogP contribution in [0.4, 0.5) is 9.93 Å². The van der Waals surface area contributed by atoms with E-state index in [-0.39, 0.29) is 17.4 Å². The van der Waals surface area contributed by atoms with Gasteiger partial charge in [-0.25, -0.2) is 14.6 Å². The Labute approximate surface area is 151 Å². The van der Waals surface area contributed by atoms with Crippen molar-refractivity contribution in [2.45, 2.75) is 12.3 Å². The van der Waals surface area contributed by atoms with Crippen molar-refractivity contribution in [3.63, 3.8) is 0 Å². The van der Waals surface area contributed by atoms with Crippen molar-refractivity contribution in [3.8, 4) is 0 Å². The Morgan fingerprint density at radius 2 is 1.88 bits per heavy atom. The van der Waals surface area contributed by atoms with Gasteiger partial charge in [0.15, 0.2) is 5.13 Å². The molecular weight excluding hydrogens is 366 g/mol. The number of carbonyl (C=O) groups is 3. The van der Waals surface area contributed by atoms with E-state index in [0.717, 1.165) is 16.9 Å². The van der Waals surface area contributed by atoms with Crippen LogP contribution in [-0.4, -0.2) is 44.9 Å². The molecule has 1 aromatic heterocycles. The number of thiazole rings is 1. The van der Waals surface area contributed by atoms with E-state index in [9.17, 15) is 19.5 Å². The number of carboxylic acids is 2. The topological polar surface area (TPSA) is 158 Å². The molecule has 1 amide bonds. The molecule has 26 heavy (non-hydrogen) atoms. The van der Waals surface area contributed by atoms with Crippen molar-refractivity contribution in [2.24, 2.45) is 0 Å². The number of hydrogen-bond donors (Lipinski definition) is 5. The molecule has 11 heteroatoms. The normalized spacial score (nSPS) is 12.8. The standard InChI is InChI=1S/C15H15N3O7S/c19-11(20)6-16-15(24,12(21)22)10-8-26-13(17-10)18-14(23)25-7-9-4-2-1-3-5-9/h1-5,8,16,24H,6-7H2,(H,19,20)(H,21,22)(H,17,18,23). The molecule has 0 bridgehead atoms. The lowest BCUT2D eigenvalue weighted by atomic mass is 10.1. The zero-order valence-electron chi connectivity index (χ0n) is 13.2. The molecule has 0 saturated carbocycles. The highest BCUT2D eigenvalue weighted by Crippen LogP contribution is 2.24. The molecule has 138 valence electrons. The van der Waals surface area contributed by atoms with E-state index in [1.165, 1.54) is 5.38 Å². The molecule has 0 radical (unpaired) electrons. The number of hydrogen-bond acceptors (Lipinski definition) is 8. The fraction of sp³-hybridized carbons (Fsp3) is 0.200. The monoisotopic (exact) mass is 381 g/mol. The van der Waals surface area contributed by atoms with E-state index >= 15 is 0 Å². The molecule has 2 rings (SSSR count). The summed E-state index contributed by atoms with van der Waals surface area (Å²) in [7, 11) is 0. The molecule has 1 aromatic carbocycles. The van der Waals surface area contributed by atoms with Crippen LogP contribution < -0.4 is 10.6 Å². The number of rotatable bonds is 8. The number of nitrogens with zero attached hydrogens (tertiary/aromatic N) is 1. The number of carbonyl (C=O) groups excluding carboxylic acids is 1. The third kappa shape index (κ3) is 4.99. The average molecular weight is 381 g/mol. The van der Waals surface area contributed by atoms with E-state index < -0.39 is 30.3 Å². The molecule has 0 aliphatic rings. The molecule has 1 unspecified atom stereocenters. The average Bonchev–Trinajstić information content (AvgIpc) is 3.07. The number of aromatic nitrogens is 1. The van der Waals surface area contributed by atoms with E-state index in [0.29, 0.717) is 0 Å². The number of benzene rings is 1. The maximum atomic E-state index is 11.8. The predicted octanol–water partition coefficient (Wildman–Crippen LogP) is 0.796. The largest absolute Gasteiger partial charge is 0.480 e. The van der Waals surface area contributed by atoms with Gasteiger partial charge in [0, 0.05) is 5.38 Å². The highest BCUT2D eigenvalue weighted by Gasteiger charge is 2.41. The van der Waals surface area contributed by atoms with E-state index in [1.807, 2.05) is 11.4 Å². The van der Waals surface area contributed by atoms with Gasteiger partial charge in [0.25, 0.3) is 5.72 Å². The predicted molar refractivity (Wildman–Crippen MR) is 89.5 cm³/mol. The second-order valence-corrected chi connectivity index (χ2v) is 5.85. The van der Waals surface area contributed by atoms with Gasteiger partial charge in [0.05, 0.1) is 6.54 Å². The molecule has 5 N–H and O–H groups in total. The highest BCUT2D eigenvalue weighted by molar-refractivity contribution is 7.13. The summed E-state index contributed by atoms with van der Waals surface area (Å²) in [6.45, 7) is -0.771. The zero-order valence-corrected chi connectivity index (χ0v) is 14.0. The lowest BCUT2D eigenvalue weighted by molar-refractivity contribution is -0.165. The SMILES string of the molecule is O=C(O)CNC(O)(C(=O)O)c1csc(NC(=O)OCc2ccccc2)n1. The third-order valence-corrected chi connectivity index (χ3v) is 3.86. The smallest absolute Gasteiger partial charge is 0.413 e. The van der Waals surface area contributed by atoms with Crippen LogP contribution in [0.5, 0.6) is 0 Å². The summed E-state index contributed by atoms with van der Waals surface area (Å²) >= 11 is 0.844. The maximum Gasteiger partial charge on any atom is 0.413 e. The first-order chi connectivity index (χ1) is 12.3. The summed E-state index contributed by atoms with van der Waals surface area (Å²) < 4.78 is 5.00. The minimum atomic E-state index is -2.71. The number of nitrogens with one attached hydrogen (secondary N) is 2. The zero-order chi connectivity index (χ0) is 19.2. The van der Waals surface area contributed by atoms with E-state index in [2.05, 4.69) is 10.3 Å². The molecule has 0 saturated heterocycles. The highest BCUT2D eigenvalue weighted by atomic mass is 32.1. The molecule has 1 heterocycles. The first-order valence-corrected chi connectivity index (χ1v) is 8.05. The van der Waals surface area contributed by atoms with E-state index in [1.54, 1.807) is 24.3 Å². The lowest BCUT2D eigenvalue weighted by Crippen LogP contribution is -2.51. The molecule has 1 atom stereocenters. The quantitative estimate of drug-likeness (QED) is 0.417. The summed E-state index contributed by atoms with van der Waals surface area (Å²) in [4.78, 5) is 37.4. The first kappa shape index (κ1) is 19.3. The fourth-order valence-electron chi connectivity index (χ4n) is 1.82. The Bertz CT molecular complexity index is 796. The summed E-state index contributed by atoms with van der Waals surface area (Å²) in [5.74, 6) is -3.09. The van der Waals surface area contributed by atoms with Crippen LogP contribution >= 0.6 is 11.3 Å². The summed E-state index contributed by atoms with van der Waals surface area (Å²) in [5.41, 5.74) is -2.29. The lowest BCUT2D eigenvalue weighted by Gasteiger charge is -2.21. The number of aliphatic hydroxyl groups is 1. The Morgan fingerprint density at radius 1 is 1.19 bits per heavy atom. The molecule has 0 aliphatic carbocycles. The van der Waals surface area contributed by atoms with Crippen LogP contribution in [0.25, 0.3) is 0 Å². The number of aliphatic carboxylic acids is 2. The van der Waals surface area contributed by atoms with Gasteiger partial charge in [0.1, 0.15) is 12.3 Å².